The van der Waals surface area contributed by atoms with E-state index in [9.17, 15) is 33.4 Å². The smallest absolute Gasteiger partial charge is 0.416 e. The fourth-order valence-corrected chi connectivity index (χ4v) is 4.44. The minimum Gasteiger partial charge on any atom is -0.465 e. The largest absolute Gasteiger partial charge is 0.465 e. The highest BCUT2D eigenvalue weighted by Gasteiger charge is 2.42. The van der Waals surface area contributed by atoms with Gasteiger partial charge in [0.2, 0.25) is 5.95 Å². The molecule has 1 aromatic heterocycles. The van der Waals surface area contributed by atoms with Gasteiger partial charge in [-0.05, 0) is 48.8 Å². The summed E-state index contributed by atoms with van der Waals surface area (Å²) < 4.78 is 44.8. The van der Waals surface area contributed by atoms with E-state index in [4.69, 9.17) is 0 Å². The minimum atomic E-state index is -4.71. The number of ether oxygens (including phenoxy) is 1. The molecular weight excluding hydrogens is 502 g/mol. The molecule has 0 aliphatic carbocycles. The topological polar surface area (TPSA) is 132 Å². The number of nitrogens with zero attached hydrogens (tertiary/aromatic N) is 4. The molecule has 0 amide bonds. The number of halogens is 3. The third-order valence-electron chi connectivity index (χ3n) is 6.38. The van der Waals surface area contributed by atoms with E-state index in [1.165, 1.54) is 12.3 Å². The lowest BCUT2D eigenvalue weighted by molar-refractivity contribution is -0.137. The Kier molecular flexibility index (Phi) is 7.05. The van der Waals surface area contributed by atoms with Crippen LogP contribution in [0.15, 0.2) is 42.6 Å². The highest BCUT2D eigenvalue weighted by molar-refractivity contribution is 6.54. The maximum Gasteiger partial charge on any atom is 0.416 e. The Labute approximate surface area is 216 Å². The van der Waals surface area contributed by atoms with Crippen molar-refractivity contribution in [3.63, 3.8) is 0 Å². The monoisotopic (exact) mass is 525 g/mol. The van der Waals surface area contributed by atoms with Gasteiger partial charge < -0.3 is 25.0 Å². The SMILES string of the molecule is COC(=O)c1cc(Nc2nccc(-c3cc(C#N)c4c(c3)C(C)(CO)CN4B(C)O)n2)cc(C(F)(F)F)c1. The second-order valence-electron chi connectivity index (χ2n) is 9.19. The van der Waals surface area contributed by atoms with Gasteiger partial charge in [-0.15, -0.1) is 0 Å². The molecule has 3 aromatic rings. The summed E-state index contributed by atoms with van der Waals surface area (Å²) in [5.74, 6) is -0.985. The Hall–Kier alpha value is -4.15. The summed E-state index contributed by atoms with van der Waals surface area (Å²) in [5.41, 5.74) is 0.123. The molecule has 9 nitrogen and oxygen atoms in total. The molecule has 1 atom stereocenters. The van der Waals surface area contributed by atoms with Crippen LogP contribution in [0.25, 0.3) is 11.3 Å². The Bertz CT molecular complexity index is 1440. The first-order valence-electron chi connectivity index (χ1n) is 11.5. The molecule has 0 bridgehead atoms. The van der Waals surface area contributed by atoms with Crippen LogP contribution in [0.5, 0.6) is 0 Å². The van der Waals surface area contributed by atoms with Crippen molar-refractivity contribution in [2.45, 2.75) is 25.3 Å². The molecule has 2 aromatic carbocycles. The summed E-state index contributed by atoms with van der Waals surface area (Å²) >= 11 is 0. The zero-order valence-electron chi connectivity index (χ0n) is 20.7. The van der Waals surface area contributed by atoms with Crippen molar-refractivity contribution < 1.29 is 32.8 Å². The Morgan fingerprint density at radius 1 is 1.32 bits per heavy atom. The predicted molar refractivity (Wildman–Crippen MR) is 134 cm³/mol. The molecule has 4 rings (SSSR count). The molecular formula is C25H23BF3N5O4. The summed E-state index contributed by atoms with van der Waals surface area (Å²) in [7, 11) is 0.175. The lowest BCUT2D eigenvalue weighted by atomic mass is 9.83. The minimum absolute atomic E-state index is 0.0489. The molecule has 1 aliphatic heterocycles. The zero-order chi connectivity index (χ0) is 27.8. The Morgan fingerprint density at radius 3 is 2.66 bits per heavy atom. The lowest BCUT2D eigenvalue weighted by Crippen LogP contribution is -2.41. The number of aliphatic hydroxyl groups excluding tert-OH is 1. The summed E-state index contributed by atoms with van der Waals surface area (Å²) in [6.07, 6.45) is -3.31. The van der Waals surface area contributed by atoms with Gasteiger partial charge in [0.05, 0.1) is 36.1 Å². The first kappa shape index (κ1) is 26.9. The van der Waals surface area contributed by atoms with Gasteiger partial charge in [-0.3, -0.25) is 0 Å². The third kappa shape index (κ3) is 5.00. The number of rotatable bonds is 6. The number of carbonyl (C=O) groups is 1. The Balaban J connectivity index is 1.76. The van der Waals surface area contributed by atoms with Crippen molar-refractivity contribution in [2.24, 2.45) is 0 Å². The first-order valence-corrected chi connectivity index (χ1v) is 11.5. The van der Waals surface area contributed by atoms with Crippen LogP contribution in [0, 0.1) is 11.3 Å². The van der Waals surface area contributed by atoms with E-state index in [2.05, 4.69) is 26.1 Å². The number of hydrogen-bond donors (Lipinski definition) is 3. The molecule has 0 spiro atoms. The number of benzene rings is 2. The van der Waals surface area contributed by atoms with Crippen LogP contribution < -0.4 is 10.1 Å². The molecule has 1 unspecified atom stereocenters. The number of alkyl halides is 3. The number of nitrogens with one attached hydrogen (secondary N) is 1. The van der Waals surface area contributed by atoms with Gasteiger partial charge in [0.1, 0.15) is 6.07 Å². The number of esters is 1. The fourth-order valence-electron chi connectivity index (χ4n) is 4.44. The quantitative estimate of drug-likeness (QED) is 0.325. The van der Waals surface area contributed by atoms with Crippen LogP contribution in [0.2, 0.25) is 6.82 Å². The summed E-state index contributed by atoms with van der Waals surface area (Å²) in [5, 5.41) is 32.9. The lowest BCUT2D eigenvalue weighted by Gasteiger charge is -2.24. The summed E-state index contributed by atoms with van der Waals surface area (Å²) in [6, 6.07) is 9.76. The van der Waals surface area contributed by atoms with Crippen molar-refractivity contribution in [1.29, 1.82) is 5.26 Å². The maximum atomic E-state index is 13.4. The number of aliphatic hydroxyl groups is 1. The van der Waals surface area contributed by atoms with Crippen molar-refractivity contribution in [3.05, 3.63) is 64.8 Å². The van der Waals surface area contributed by atoms with E-state index in [0.717, 1.165) is 13.2 Å². The molecule has 38 heavy (non-hydrogen) atoms. The molecule has 196 valence electrons. The van der Waals surface area contributed by atoms with E-state index < -0.39 is 30.2 Å². The van der Waals surface area contributed by atoms with Gasteiger partial charge >= 0.3 is 19.2 Å². The van der Waals surface area contributed by atoms with Crippen molar-refractivity contribution in [3.8, 4) is 17.3 Å². The van der Waals surface area contributed by atoms with Crippen LogP contribution in [0.4, 0.5) is 30.5 Å². The van der Waals surface area contributed by atoms with Gasteiger partial charge in [0.25, 0.3) is 0 Å². The number of fused-ring (bicyclic) bond motifs is 1. The number of anilines is 3. The van der Waals surface area contributed by atoms with Gasteiger partial charge in [-0.1, -0.05) is 6.92 Å². The molecule has 1 aliphatic rings. The molecule has 0 fully saturated rings. The van der Waals surface area contributed by atoms with E-state index in [-0.39, 0.29) is 29.4 Å². The number of carbonyl (C=O) groups excluding carboxylic acids is 1. The number of nitriles is 1. The highest BCUT2D eigenvalue weighted by Crippen LogP contribution is 2.45. The average Bonchev–Trinajstić information content (AvgIpc) is 3.20. The van der Waals surface area contributed by atoms with Crippen molar-refractivity contribution >= 4 is 30.3 Å². The van der Waals surface area contributed by atoms with E-state index in [1.54, 1.807) is 29.8 Å². The van der Waals surface area contributed by atoms with Gasteiger partial charge in [-0.25, -0.2) is 14.8 Å². The second kappa shape index (κ2) is 9.96. The van der Waals surface area contributed by atoms with Crippen LogP contribution in [0.1, 0.15) is 34.0 Å². The molecule has 13 heteroatoms. The molecule has 2 heterocycles. The molecule has 0 saturated heterocycles. The summed E-state index contributed by atoms with van der Waals surface area (Å²) in [6.45, 7) is 3.46. The normalized spacial score (nSPS) is 16.6. The van der Waals surface area contributed by atoms with E-state index in [0.29, 0.717) is 35.1 Å². The van der Waals surface area contributed by atoms with E-state index in [1.807, 2.05) is 6.92 Å². The second-order valence-corrected chi connectivity index (χ2v) is 9.19. The van der Waals surface area contributed by atoms with E-state index >= 15 is 0 Å². The van der Waals surface area contributed by atoms with Gasteiger partial charge in [0.15, 0.2) is 0 Å². The third-order valence-corrected chi connectivity index (χ3v) is 6.38. The molecule has 0 saturated carbocycles. The maximum absolute atomic E-state index is 13.4. The number of aromatic nitrogens is 2. The fraction of sp³-hybridized carbons (Fsp3) is 0.280. The van der Waals surface area contributed by atoms with Crippen LogP contribution in [-0.4, -0.2) is 53.4 Å². The van der Waals surface area contributed by atoms with Crippen LogP contribution in [-0.2, 0) is 16.3 Å². The molecule has 0 radical (unpaired) electrons. The number of hydrogen-bond acceptors (Lipinski definition) is 9. The van der Waals surface area contributed by atoms with Crippen molar-refractivity contribution in [2.75, 3.05) is 30.4 Å². The first-order chi connectivity index (χ1) is 17.9. The molecule has 3 N–H and O–H groups in total. The van der Waals surface area contributed by atoms with Gasteiger partial charge in [-0.2, -0.15) is 18.4 Å². The van der Waals surface area contributed by atoms with Crippen LogP contribution >= 0.6 is 0 Å². The summed E-state index contributed by atoms with van der Waals surface area (Å²) in [4.78, 5) is 22.0. The number of methoxy groups -OCH3 is 1. The van der Waals surface area contributed by atoms with Gasteiger partial charge in [0, 0.05) is 35.1 Å². The Morgan fingerprint density at radius 2 is 2.05 bits per heavy atom. The zero-order valence-corrected chi connectivity index (χ0v) is 20.7. The van der Waals surface area contributed by atoms with Crippen molar-refractivity contribution in [1.82, 2.24) is 9.97 Å². The predicted octanol–water partition coefficient (Wildman–Crippen LogP) is 3.74. The van der Waals surface area contributed by atoms with Crippen LogP contribution in [0.3, 0.4) is 0 Å². The standard InChI is InChI=1S/C25H23BF3N5O4/c1-24(13-35)12-34(26(2)37)21-16(11-30)6-14(9-19(21)24)20-4-5-31-23(33-20)32-18-8-15(22(36)38-3)7-17(10-18)25(27,28)29/h4-10,35,37H,12-13H2,1-3H3,(H,31,32,33). The highest BCUT2D eigenvalue weighted by atomic mass is 19.4. The average molecular weight is 525 g/mol.